The van der Waals surface area contributed by atoms with Gasteiger partial charge in [0.15, 0.2) is 0 Å². The van der Waals surface area contributed by atoms with Crippen molar-refractivity contribution in [2.45, 2.75) is 24.8 Å². The molecule has 1 heterocycles. The lowest BCUT2D eigenvalue weighted by Crippen LogP contribution is -2.57. The van der Waals surface area contributed by atoms with Crippen LogP contribution in [0, 0.1) is 11.7 Å². The Morgan fingerprint density at radius 3 is 2.06 bits per heavy atom. The third-order valence-corrected chi connectivity index (χ3v) is 7.49. The third-order valence-electron chi connectivity index (χ3n) is 5.33. The van der Waals surface area contributed by atoms with Crippen LogP contribution < -0.4 is 5.32 Å². The standard InChI is InChI=1S/C22H25ClFN3O4S/c1-15(2)20(25-21(28)16-3-7-18(24)8-4-16)22(29)26-11-13-27(14-12-26)32(30,31)19-9-5-17(23)6-10-19/h3-10,15,20H,11-14H2,1-2H3,(H,25,28). The normalized spacial score (nSPS) is 16.1. The van der Waals surface area contributed by atoms with E-state index in [1.54, 1.807) is 4.90 Å². The summed E-state index contributed by atoms with van der Waals surface area (Å²) in [6.45, 7) is 4.34. The number of amides is 2. The highest BCUT2D eigenvalue weighted by molar-refractivity contribution is 7.89. The van der Waals surface area contributed by atoms with E-state index in [4.69, 9.17) is 11.6 Å². The molecule has 0 aromatic heterocycles. The second kappa shape index (κ2) is 9.97. The van der Waals surface area contributed by atoms with Crippen LogP contribution in [0.2, 0.25) is 5.02 Å². The maximum atomic E-state index is 13.1. The minimum Gasteiger partial charge on any atom is -0.340 e. The summed E-state index contributed by atoms with van der Waals surface area (Å²) < 4.78 is 40.1. The Bertz CT molecular complexity index is 1070. The molecule has 1 aliphatic rings. The summed E-state index contributed by atoms with van der Waals surface area (Å²) in [5.74, 6) is -1.40. The highest BCUT2D eigenvalue weighted by Gasteiger charge is 2.34. The molecule has 0 aliphatic carbocycles. The predicted octanol–water partition coefficient (Wildman–Crippen LogP) is 2.77. The second-order valence-electron chi connectivity index (χ2n) is 7.89. The Morgan fingerprint density at radius 2 is 1.53 bits per heavy atom. The molecule has 1 atom stereocenters. The van der Waals surface area contributed by atoms with E-state index in [-0.39, 0.29) is 48.5 Å². The Hall–Kier alpha value is -2.49. The molecule has 0 bridgehead atoms. The van der Waals surface area contributed by atoms with Gasteiger partial charge in [-0.25, -0.2) is 12.8 Å². The number of benzene rings is 2. The van der Waals surface area contributed by atoms with Crippen molar-refractivity contribution in [3.63, 3.8) is 0 Å². The molecule has 0 spiro atoms. The van der Waals surface area contributed by atoms with Crippen molar-refractivity contribution >= 4 is 33.4 Å². The Morgan fingerprint density at radius 1 is 0.969 bits per heavy atom. The van der Waals surface area contributed by atoms with Crippen molar-refractivity contribution in [2.75, 3.05) is 26.2 Å². The van der Waals surface area contributed by atoms with Crippen LogP contribution in [0.15, 0.2) is 53.4 Å². The first-order chi connectivity index (χ1) is 15.1. The number of sulfonamides is 1. The summed E-state index contributed by atoms with van der Waals surface area (Å²) in [4.78, 5) is 27.3. The molecule has 1 aliphatic heterocycles. The van der Waals surface area contributed by atoms with E-state index >= 15 is 0 Å². The zero-order chi connectivity index (χ0) is 23.5. The van der Waals surface area contributed by atoms with E-state index in [1.165, 1.54) is 52.8 Å². The SMILES string of the molecule is CC(C)C(NC(=O)c1ccc(F)cc1)C(=O)N1CCN(S(=O)(=O)c2ccc(Cl)cc2)CC1. The van der Waals surface area contributed by atoms with E-state index in [2.05, 4.69) is 5.32 Å². The molecular formula is C22H25ClFN3O4S. The van der Waals surface area contributed by atoms with Crippen molar-refractivity contribution in [3.8, 4) is 0 Å². The Kier molecular flexibility index (Phi) is 7.53. The minimum atomic E-state index is -3.69. The molecule has 7 nitrogen and oxygen atoms in total. The van der Waals surface area contributed by atoms with Crippen molar-refractivity contribution in [1.82, 2.24) is 14.5 Å². The number of carbonyl (C=O) groups excluding carboxylic acids is 2. The van der Waals surface area contributed by atoms with E-state index in [0.29, 0.717) is 5.02 Å². The molecule has 2 amide bonds. The molecular weight excluding hydrogens is 457 g/mol. The van der Waals surface area contributed by atoms with Gasteiger partial charge in [0.05, 0.1) is 4.90 Å². The summed E-state index contributed by atoms with van der Waals surface area (Å²) in [6, 6.07) is 10.2. The van der Waals surface area contributed by atoms with Gasteiger partial charge >= 0.3 is 0 Å². The number of hydrogen-bond donors (Lipinski definition) is 1. The Labute approximate surface area is 192 Å². The summed E-state index contributed by atoms with van der Waals surface area (Å²) in [5.41, 5.74) is 0.253. The maximum Gasteiger partial charge on any atom is 0.251 e. The number of carbonyl (C=O) groups is 2. The van der Waals surface area contributed by atoms with Gasteiger partial charge in [-0.15, -0.1) is 0 Å². The highest BCUT2D eigenvalue weighted by Crippen LogP contribution is 2.20. The van der Waals surface area contributed by atoms with Gasteiger partial charge < -0.3 is 10.2 Å². The first kappa shape index (κ1) is 24.2. The van der Waals surface area contributed by atoms with Crippen LogP contribution in [0.4, 0.5) is 4.39 Å². The van der Waals surface area contributed by atoms with Crippen LogP contribution >= 0.6 is 11.6 Å². The summed E-state index contributed by atoms with van der Waals surface area (Å²) in [6.07, 6.45) is 0. The minimum absolute atomic E-state index is 0.146. The zero-order valence-electron chi connectivity index (χ0n) is 17.8. The van der Waals surface area contributed by atoms with Gasteiger partial charge in [0.1, 0.15) is 11.9 Å². The van der Waals surface area contributed by atoms with Crippen LogP contribution in [0.1, 0.15) is 24.2 Å². The highest BCUT2D eigenvalue weighted by atomic mass is 35.5. The van der Waals surface area contributed by atoms with Gasteiger partial charge in [0.25, 0.3) is 5.91 Å². The summed E-state index contributed by atoms with van der Waals surface area (Å²) in [7, 11) is -3.69. The molecule has 0 radical (unpaired) electrons. The molecule has 1 fully saturated rings. The van der Waals surface area contributed by atoms with Crippen molar-refractivity contribution in [1.29, 1.82) is 0 Å². The summed E-state index contributed by atoms with van der Waals surface area (Å²) in [5, 5.41) is 3.17. The summed E-state index contributed by atoms with van der Waals surface area (Å²) >= 11 is 5.84. The molecule has 1 saturated heterocycles. The number of rotatable bonds is 6. The lowest BCUT2D eigenvalue weighted by molar-refractivity contribution is -0.135. The van der Waals surface area contributed by atoms with Gasteiger partial charge in [-0.2, -0.15) is 4.31 Å². The van der Waals surface area contributed by atoms with Gasteiger partial charge in [-0.3, -0.25) is 9.59 Å². The maximum absolute atomic E-state index is 13.1. The molecule has 3 rings (SSSR count). The van der Waals surface area contributed by atoms with Gasteiger partial charge in [-0.1, -0.05) is 25.4 Å². The van der Waals surface area contributed by atoms with Crippen molar-refractivity contribution < 1.29 is 22.4 Å². The first-order valence-electron chi connectivity index (χ1n) is 10.2. The van der Waals surface area contributed by atoms with Crippen molar-refractivity contribution in [2.24, 2.45) is 5.92 Å². The lowest BCUT2D eigenvalue weighted by atomic mass is 10.0. The fourth-order valence-electron chi connectivity index (χ4n) is 3.44. The number of nitrogens with one attached hydrogen (secondary N) is 1. The van der Waals surface area contributed by atoms with Crippen LogP contribution in [-0.2, 0) is 14.8 Å². The molecule has 2 aromatic rings. The van der Waals surface area contributed by atoms with Crippen LogP contribution in [-0.4, -0.2) is 61.7 Å². The van der Waals surface area contributed by atoms with Gasteiger partial charge in [0.2, 0.25) is 15.9 Å². The number of hydrogen-bond acceptors (Lipinski definition) is 4. The van der Waals surface area contributed by atoms with Crippen molar-refractivity contribution in [3.05, 3.63) is 64.9 Å². The zero-order valence-corrected chi connectivity index (χ0v) is 19.4. The molecule has 0 saturated carbocycles. The van der Waals surface area contributed by atoms with Gasteiger partial charge in [0, 0.05) is 36.8 Å². The largest absolute Gasteiger partial charge is 0.340 e. The number of halogens is 2. The molecule has 2 aromatic carbocycles. The number of piperazine rings is 1. The topological polar surface area (TPSA) is 86.8 Å². The van der Waals surface area contributed by atoms with Crippen LogP contribution in [0.5, 0.6) is 0 Å². The quantitative estimate of drug-likeness (QED) is 0.687. The smallest absolute Gasteiger partial charge is 0.251 e. The molecule has 1 unspecified atom stereocenters. The van der Waals surface area contributed by atoms with Crippen LogP contribution in [0.3, 0.4) is 0 Å². The predicted molar refractivity (Wildman–Crippen MR) is 119 cm³/mol. The average molecular weight is 482 g/mol. The van der Waals surface area contributed by atoms with Gasteiger partial charge in [-0.05, 0) is 54.4 Å². The van der Waals surface area contributed by atoms with Crippen LogP contribution in [0.25, 0.3) is 0 Å². The molecule has 32 heavy (non-hydrogen) atoms. The van der Waals surface area contributed by atoms with E-state index in [1.807, 2.05) is 13.8 Å². The number of nitrogens with zero attached hydrogens (tertiary/aromatic N) is 2. The fraction of sp³-hybridized carbons (Fsp3) is 0.364. The second-order valence-corrected chi connectivity index (χ2v) is 10.3. The molecule has 172 valence electrons. The van der Waals surface area contributed by atoms with E-state index in [0.717, 1.165) is 0 Å². The Balaban J connectivity index is 1.65. The average Bonchev–Trinajstić information content (AvgIpc) is 2.77. The molecule has 10 heteroatoms. The monoisotopic (exact) mass is 481 g/mol. The fourth-order valence-corrected chi connectivity index (χ4v) is 4.99. The lowest BCUT2D eigenvalue weighted by Gasteiger charge is -2.36. The third kappa shape index (κ3) is 5.46. The van der Waals surface area contributed by atoms with E-state index in [9.17, 15) is 22.4 Å². The first-order valence-corrected chi connectivity index (χ1v) is 12.0. The van der Waals surface area contributed by atoms with E-state index < -0.39 is 27.8 Å². The molecule has 1 N–H and O–H groups in total.